The molecule has 2 bridgehead atoms. The van der Waals surface area contributed by atoms with Crippen molar-refractivity contribution in [3.05, 3.63) is 54.5 Å². The molecule has 2 aromatic rings. The highest BCUT2D eigenvalue weighted by Gasteiger charge is 2.40. The number of piperidine rings is 3. The molecule has 0 spiro atoms. The molecule has 6 nitrogen and oxygen atoms in total. The van der Waals surface area contributed by atoms with Gasteiger partial charge in [0.25, 0.3) is 0 Å². The van der Waals surface area contributed by atoms with Crippen molar-refractivity contribution < 1.29 is 4.42 Å². The van der Waals surface area contributed by atoms with Gasteiger partial charge in [-0.3, -0.25) is 9.80 Å². The number of hydrogen-bond donors (Lipinski definition) is 2. The summed E-state index contributed by atoms with van der Waals surface area (Å²) in [6.07, 6.45) is 4.34. The summed E-state index contributed by atoms with van der Waals surface area (Å²) in [4.78, 5) is 7.93. The van der Waals surface area contributed by atoms with Gasteiger partial charge in [0.1, 0.15) is 5.76 Å². The zero-order chi connectivity index (χ0) is 21.8. The van der Waals surface area contributed by atoms with Crippen molar-refractivity contribution in [2.45, 2.75) is 25.4 Å². The Labute approximate surface area is 196 Å². The zero-order valence-corrected chi connectivity index (χ0v) is 19.6. The van der Waals surface area contributed by atoms with Gasteiger partial charge in [-0.2, -0.15) is 0 Å². The summed E-state index contributed by atoms with van der Waals surface area (Å²) >= 11 is 5.46. The molecule has 5 heterocycles. The summed E-state index contributed by atoms with van der Waals surface area (Å²) < 4.78 is 5.36. The second kappa shape index (κ2) is 10.2. The van der Waals surface area contributed by atoms with Gasteiger partial charge in [0.05, 0.1) is 12.8 Å². The Morgan fingerprint density at radius 3 is 2.56 bits per heavy atom. The molecular formula is C25H35N5OS. The molecule has 7 heteroatoms. The van der Waals surface area contributed by atoms with Crippen LogP contribution in [0.3, 0.4) is 0 Å². The number of nitrogens with one attached hydrogen (secondary N) is 2. The molecule has 2 N–H and O–H groups in total. The van der Waals surface area contributed by atoms with Crippen LogP contribution in [0.4, 0.5) is 5.69 Å². The number of fused-ring (bicyclic) bond motifs is 3. The van der Waals surface area contributed by atoms with Crippen LogP contribution >= 0.6 is 12.2 Å². The summed E-state index contributed by atoms with van der Waals surface area (Å²) in [7, 11) is 0. The molecule has 4 saturated heterocycles. The number of furan rings is 1. The number of para-hydroxylation sites is 1. The Morgan fingerprint density at radius 1 is 1.00 bits per heavy atom. The predicted octanol–water partition coefficient (Wildman–Crippen LogP) is 2.78. The molecule has 4 fully saturated rings. The number of rotatable bonds is 7. The Kier molecular flexibility index (Phi) is 6.95. The number of nitrogens with zero attached hydrogens (tertiary/aromatic N) is 3. The Balaban J connectivity index is 1.04. The lowest BCUT2D eigenvalue weighted by molar-refractivity contribution is -0.0110. The minimum absolute atomic E-state index is 0.600. The summed E-state index contributed by atoms with van der Waals surface area (Å²) in [6, 6.07) is 15.3. The smallest absolute Gasteiger partial charge is 0.166 e. The van der Waals surface area contributed by atoms with Crippen molar-refractivity contribution in [3.63, 3.8) is 0 Å². The van der Waals surface area contributed by atoms with E-state index in [1.807, 2.05) is 12.1 Å². The third-order valence-corrected chi connectivity index (χ3v) is 7.79. The second-order valence-electron chi connectivity index (χ2n) is 9.46. The first-order valence-corrected chi connectivity index (χ1v) is 12.5. The summed E-state index contributed by atoms with van der Waals surface area (Å²) in [5.74, 6) is 2.57. The maximum atomic E-state index is 5.46. The Hall–Kier alpha value is -2.09. The van der Waals surface area contributed by atoms with Crippen molar-refractivity contribution >= 4 is 23.0 Å². The lowest BCUT2D eigenvalue weighted by Crippen LogP contribution is -2.59. The van der Waals surface area contributed by atoms with Gasteiger partial charge < -0.3 is 20.0 Å². The lowest BCUT2D eigenvalue weighted by Gasteiger charge is -2.51. The molecule has 4 atom stereocenters. The minimum Gasteiger partial charge on any atom is -0.467 e. The standard InChI is InChI=1S/C25H35N5OS/c32-25(27-17-24-7-4-14-31-24)26-16-23-15-20-8-9-30(23)19-21(20)18-28-10-12-29(13-11-28)22-5-2-1-3-6-22/h1-7,14,20-21,23H,8-13,15-19H2,(H2,26,27,32). The summed E-state index contributed by atoms with van der Waals surface area (Å²) in [5.41, 5.74) is 1.36. The molecule has 1 aromatic carbocycles. The van der Waals surface area contributed by atoms with E-state index >= 15 is 0 Å². The van der Waals surface area contributed by atoms with Crippen LogP contribution in [0.25, 0.3) is 0 Å². The Morgan fingerprint density at radius 2 is 1.84 bits per heavy atom. The van der Waals surface area contributed by atoms with Crippen LogP contribution in [0.5, 0.6) is 0 Å². The van der Waals surface area contributed by atoms with Crippen molar-refractivity contribution in [1.29, 1.82) is 0 Å². The van der Waals surface area contributed by atoms with Gasteiger partial charge in [0.15, 0.2) is 5.11 Å². The van der Waals surface area contributed by atoms with Gasteiger partial charge in [0, 0.05) is 57.5 Å². The fourth-order valence-electron chi connectivity index (χ4n) is 5.68. The van der Waals surface area contributed by atoms with Crippen LogP contribution in [0.1, 0.15) is 18.6 Å². The second-order valence-corrected chi connectivity index (χ2v) is 9.87. The zero-order valence-electron chi connectivity index (χ0n) is 18.8. The summed E-state index contributed by atoms with van der Waals surface area (Å²) in [6.45, 7) is 9.94. The number of anilines is 1. The van der Waals surface area contributed by atoms with E-state index in [9.17, 15) is 0 Å². The van der Waals surface area contributed by atoms with Crippen molar-refractivity contribution in [2.24, 2.45) is 11.8 Å². The highest BCUT2D eigenvalue weighted by molar-refractivity contribution is 7.80. The SMILES string of the molecule is S=C(NCc1ccco1)NCC1CC2CCN1CC2CN1CCN(c2ccccc2)CC1. The molecule has 1 aromatic heterocycles. The number of hydrogen-bond acceptors (Lipinski definition) is 5. The van der Waals surface area contributed by atoms with Crippen LogP contribution in [0, 0.1) is 11.8 Å². The first-order valence-electron chi connectivity index (χ1n) is 12.0. The normalized spacial score (nSPS) is 27.9. The van der Waals surface area contributed by atoms with Gasteiger partial charge in [-0.25, -0.2) is 0 Å². The third-order valence-electron chi connectivity index (χ3n) is 7.50. The predicted molar refractivity (Wildman–Crippen MR) is 133 cm³/mol. The largest absolute Gasteiger partial charge is 0.467 e. The average molecular weight is 454 g/mol. The van der Waals surface area contributed by atoms with Crippen LogP contribution in [0.2, 0.25) is 0 Å². The molecule has 172 valence electrons. The van der Waals surface area contributed by atoms with E-state index in [4.69, 9.17) is 16.6 Å². The minimum atomic E-state index is 0.600. The summed E-state index contributed by atoms with van der Waals surface area (Å²) in [5, 5.41) is 7.40. The van der Waals surface area contributed by atoms with E-state index in [0.717, 1.165) is 42.3 Å². The number of benzene rings is 1. The van der Waals surface area contributed by atoms with Gasteiger partial charge in [-0.05, 0) is 67.7 Å². The lowest BCUT2D eigenvalue weighted by atomic mass is 9.75. The van der Waals surface area contributed by atoms with Crippen LogP contribution in [-0.4, -0.2) is 73.3 Å². The van der Waals surface area contributed by atoms with Gasteiger partial charge in [0.2, 0.25) is 0 Å². The van der Waals surface area contributed by atoms with Crippen molar-refractivity contribution in [2.75, 3.05) is 57.3 Å². The third kappa shape index (κ3) is 5.27. The highest BCUT2D eigenvalue weighted by atomic mass is 32.1. The van der Waals surface area contributed by atoms with E-state index in [0.29, 0.717) is 12.6 Å². The van der Waals surface area contributed by atoms with Crippen molar-refractivity contribution in [1.82, 2.24) is 20.4 Å². The molecule has 32 heavy (non-hydrogen) atoms. The number of piperazine rings is 1. The van der Waals surface area contributed by atoms with Crippen molar-refractivity contribution in [3.8, 4) is 0 Å². The van der Waals surface area contributed by atoms with E-state index in [1.54, 1.807) is 6.26 Å². The highest BCUT2D eigenvalue weighted by Crippen LogP contribution is 2.36. The maximum Gasteiger partial charge on any atom is 0.166 e. The van der Waals surface area contributed by atoms with Gasteiger partial charge >= 0.3 is 0 Å². The average Bonchev–Trinajstić information content (AvgIpc) is 3.37. The number of thiocarbonyl (C=S) groups is 1. The molecule has 0 amide bonds. The molecule has 0 aliphatic carbocycles. The molecule has 4 unspecified atom stereocenters. The van der Waals surface area contributed by atoms with Gasteiger partial charge in [-0.1, -0.05) is 18.2 Å². The van der Waals surface area contributed by atoms with Crippen LogP contribution in [-0.2, 0) is 6.54 Å². The van der Waals surface area contributed by atoms with E-state index in [2.05, 4.69) is 55.7 Å². The topological polar surface area (TPSA) is 46.9 Å². The maximum absolute atomic E-state index is 5.46. The fraction of sp³-hybridized carbons (Fsp3) is 0.560. The van der Waals surface area contributed by atoms with Gasteiger partial charge in [-0.15, -0.1) is 0 Å². The van der Waals surface area contributed by atoms with E-state index < -0.39 is 0 Å². The molecule has 0 radical (unpaired) electrons. The van der Waals surface area contributed by atoms with Crippen LogP contribution in [0.15, 0.2) is 53.1 Å². The monoisotopic (exact) mass is 453 g/mol. The molecule has 6 rings (SSSR count). The quantitative estimate of drug-likeness (QED) is 0.625. The van der Waals surface area contributed by atoms with E-state index in [1.165, 1.54) is 51.3 Å². The first kappa shape index (κ1) is 21.7. The fourth-order valence-corrected chi connectivity index (χ4v) is 5.84. The first-order chi connectivity index (χ1) is 15.7. The molecule has 4 aliphatic rings. The Bertz CT molecular complexity index is 852. The van der Waals surface area contributed by atoms with Crippen LogP contribution < -0.4 is 15.5 Å². The molecule has 4 aliphatic heterocycles. The molecular weight excluding hydrogens is 418 g/mol. The van der Waals surface area contributed by atoms with E-state index in [-0.39, 0.29) is 0 Å². The molecule has 0 saturated carbocycles.